The summed E-state index contributed by atoms with van der Waals surface area (Å²) in [6, 6.07) is 29.0. The highest BCUT2D eigenvalue weighted by atomic mass is 35.5. The molecule has 0 radical (unpaired) electrons. The second kappa shape index (κ2) is 8.97. The van der Waals surface area contributed by atoms with E-state index >= 15 is 0 Å². The highest BCUT2D eigenvalue weighted by Crippen LogP contribution is 2.29. The number of para-hydroxylation sites is 1. The van der Waals surface area contributed by atoms with E-state index in [1.54, 1.807) is 4.68 Å². The summed E-state index contributed by atoms with van der Waals surface area (Å²) >= 11 is 6.43. The molecule has 0 aliphatic heterocycles. The fourth-order valence-corrected chi connectivity index (χ4v) is 3.71. The number of carbonyl (C=O) groups excluding carboxylic acids is 1. The monoisotopic (exact) mass is 415 g/mol. The maximum absolute atomic E-state index is 13.2. The van der Waals surface area contributed by atoms with Crippen LogP contribution < -0.4 is 5.32 Å². The Morgan fingerprint density at radius 1 is 0.967 bits per heavy atom. The van der Waals surface area contributed by atoms with Crippen LogP contribution in [-0.2, 0) is 4.79 Å². The van der Waals surface area contributed by atoms with Crippen molar-refractivity contribution in [2.24, 2.45) is 0 Å². The number of rotatable bonds is 6. The topological polar surface area (TPSA) is 46.9 Å². The first-order valence-electron chi connectivity index (χ1n) is 9.93. The predicted octanol–water partition coefficient (Wildman–Crippen LogP) is 6.33. The molecule has 0 spiro atoms. The molecule has 3 aromatic carbocycles. The first-order chi connectivity index (χ1) is 14.7. The van der Waals surface area contributed by atoms with Crippen LogP contribution in [0.2, 0.25) is 5.02 Å². The minimum absolute atomic E-state index is 0.0727. The first-order valence-corrected chi connectivity index (χ1v) is 10.3. The molecule has 0 aliphatic rings. The molecule has 0 bridgehead atoms. The van der Waals surface area contributed by atoms with Gasteiger partial charge < -0.3 is 5.32 Å². The molecule has 30 heavy (non-hydrogen) atoms. The number of hydrogen-bond acceptors (Lipinski definition) is 2. The Bertz CT molecular complexity index is 1140. The summed E-state index contributed by atoms with van der Waals surface area (Å²) in [5.41, 5.74) is 3.43. The van der Waals surface area contributed by atoms with Gasteiger partial charge in [0.15, 0.2) is 0 Å². The molecular formula is C25H22ClN3O. The Morgan fingerprint density at radius 3 is 2.27 bits per heavy atom. The van der Waals surface area contributed by atoms with E-state index in [1.807, 2.05) is 97.9 Å². The summed E-state index contributed by atoms with van der Waals surface area (Å²) in [5.74, 6) is 0.263. The highest BCUT2D eigenvalue weighted by Gasteiger charge is 2.21. The smallest absolute Gasteiger partial charge is 0.233 e. The zero-order chi connectivity index (χ0) is 20.9. The molecule has 1 aromatic heterocycles. The maximum Gasteiger partial charge on any atom is 0.233 e. The summed E-state index contributed by atoms with van der Waals surface area (Å²) in [6.07, 6.45) is 0.696. The molecular weight excluding hydrogens is 394 g/mol. The van der Waals surface area contributed by atoms with E-state index in [9.17, 15) is 4.79 Å². The van der Waals surface area contributed by atoms with E-state index in [-0.39, 0.29) is 11.8 Å². The van der Waals surface area contributed by atoms with E-state index in [0.29, 0.717) is 22.9 Å². The molecule has 150 valence electrons. The third-order valence-corrected chi connectivity index (χ3v) is 5.36. The van der Waals surface area contributed by atoms with Gasteiger partial charge in [-0.2, -0.15) is 5.10 Å². The Hall–Kier alpha value is -3.37. The van der Waals surface area contributed by atoms with Gasteiger partial charge in [0.1, 0.15) is 5.82 Å². The Balaban J connectivity index is 1.73. The van der Waals surface area contributed by atoms with Gasteiger partial charge >= 0.3 is 0 Å². The third kappa shape index (κ3) is 4.14. The average Bonchev–Trinajstić information content (AvgIpc) is 3.19. The van der Waals surface area contributed by atoms with Crippen LogP contribution in [0, 0.1) is 0 Å². The number of benzene rings is 3. The highest BCUT2D eigenvalue weighted by molar-refractivity contribution is 6.32. The molecule has 0 aliphatic carbocycles. The van der Waals surface area contributed by atoms with Gasteiger partial charge in [-0.3, -0.25) is 4.79 Å². The van der Waals surface area contributed by atoms with Crippen LogP contribution in [0.1, 0.15) is 24.8 Å². The predicted molar refractivity (Wildman–Crippen MR) is 122 cm³/mol. The normalized spacial score (nSPS) is 11.8. The van der Waals surface area contributed by atoms with Crippen LogP contribution >= 0.6 is 11.6 Å². The van der Waals surface area contributed by atoms with E-state index in [4.69, 9.17) is 16.7 Å². The van der Waals surface area contributed by atoms with E-state index in [2.05, 4.69) is 5.32 Å². The molecule has 4 aromatic rings. The molecule has 0 saturated carbocycles. The van der Waals surface area contributed by atoms with Gasteiger partial charge in [0.2, 0.25) is 5.91 Å². The fraction of sp³-hybridized carbons (Fsp3) is 0.120. The average molecular weight is 416 g/mol. The molecule has 1 heterocycles. The number of hydrogen-bond donors (Lipinski definition) is 1. The zero-order valence-electron chi connectivity index (χ0n) is 16.6. The zero-order valence-corrected chi connectivity index (χ0v) is 17.4. The lowest BCUT2D eigenvalue weighted by molar-refractivity contribution is -0.117. The van der Waals surface area contributed by atoms with Crippen LogP contribution in [0.15, 0.2) is 91.0 Å². The van der Waals surface area contributed by atoms with Crippen LogP contribution in [0.3, 0.4) is 0 Å². The number of nitrogens with one attached hydrogen (secondary N) is 1. The van der Waals surface area contributed by atoms with Crippen molar-refractivity contribution in [3.8, 4) is 16.9 Å². The Labute approximate surface area is 181 Å². The first kappa shape index (κ1) is 19.9. The van der Waals surface area contributed by atoms with Crippen molar-refractivity contribution in [1.29, 1.82) is 0 Å². The molecule has 0 fully saturated rings. The van der Waals surface area contributed by atoms with Crippen molar-refractivity contribution < 1.29 is 4.79 Å². The molecule has 4 nitrogen and oxygen atoms in total. The van der Waals surface area contributed by atoms with Gasteiger partial charge in [-0.1, -0.05) is 91.3 Å². The lowest BCUT2D eigenvalue weighted by Crippen LogP contribution is -2.22. The van der Waals surface area contributed by atoms with Gasteiger partial charge in [0.05, 0.1) is 22.3 Å². The Morgan fingerprint density at radius 2 is 1.60 bits per heavy atom. The summed E-state index contributed by atoms with van der Waals surface area (Å²) in [5, 5.41) is 8.38. The van der Waals surface area contributed by atoms with Gasteiger partial charge in [-0.05, 0) is 24.1 Å². The standard InChI is InChI=1S/C25H22ClN3O/c1-2-20(18-11-5-3-6-12-18)25(30)27-24-17-22(19-13-7-4-8-14-19)28-29(24)23-16-10-9-15-21(23)26/h3-17,20H,2H2,1H3,(H,27,30)/t20-/m1/s1. The summed E-state index contributed by atoms with van der Waals surface area (Å²) < 4.78 is 1.69. The quantitative estimate of drug-likeness (QED) is 0.400. The molecule has 1 amide bonds. The SMILES string of the molecule is CC[C@@H](C(=O)Nc1cc(-c2ccccc2)nn1-c1ccccc1Cl)c1ccccc1. The van der Waals surface area contributed by atoms with Gasteiger partial charge in [0.25, 0.3) is 0 Å². The molecule has 1 N–H and O–H groups in total. The number of nitrogens with zero attached hydrogens (tertiary/aromatic N) is 2. The van der Waals surface area contributed by atoms with Crippen molar-refractivity contribution in [1.82, 2.24) is 9.78 Å². The summed E-state index contributed by atoms with van der Waals surface area (Å²) in [4.78, 5) is 13.2. The Kier molecular flexibility index (Phi) is 5.96. The van der Waals surface area contributed by atoms with Crippen LogP contribution in [0.4, 0.5) is 5.82 Å². The van der Waals surface area contributed by atoms with E-state index < -0.39 is 0 Å². The molecule has 0 unspecified atom stereocenters. The minimum Gasteiger partial charge on any atom is -0.310 e. The minimum atomic E-state index is -0.249. The van der Waals surface area contributed by atoms with Crippen LogP contribution in [-0.4, -0.2) is 15.7 Å². The van der Waals surface area contributed by atoms with E-state index in [0.717, 1.165) is 16.8 Å². The number of carbonyl (C=O) groups is 1. The lowest BCUT2D eigenvalue weighted by Gasteiger charge is -2.16. The largest absolute Gasteiger partial charge is 0.310 e. The summed E-state index contributed by atoms with van der Waals surface area (Å²) in [7, 11) is 0. The van der Waals surface area contributed by atoms with Crippen molar-refractivity contribution in [3.63, 3.8) is 0 Å². The molecule has 0 saturated heterocycles. The second-order valence-corrected chi connectivity index (χ2v) is 7.41. The number of halogens is 1. The van der Waals surface area contributed by atoms with Gasteiger partial charge in [-0.25, -0.2) is 4.68 Å². The van der Waals surface area contributed by atoms with Gasteiger partial charge in [0, 0.05) is 11.6 Å². The van der Waals surface area contributed by atoms with Crippen LogP contribution in [0.5, 0.6) is 0 Å². The number of aromatic nitrogens is 2. The van der Waals surface area contributed by atoms with Crippen LogP contribution in [0.25, 0.3) is 16.9 Å². The van der Waals surface area contributed by atoms with Crippen molar-refractivity contribution >= 4 is 23.3 Å². The lowest BCUT2D eigenvalue weighted by atomic mass is 9.96. The molecule has 5 heteroatoms. The van der Waals surface area contributed by atoms with Crippen molar-refractivity contribution in [3.05, 3.63) is 102 Å². The maximum atomic E-state index is 13.2. The molecule has 4 rings (SSSR count). The van der Waals surface area contributed by atoms with Crippen molar-refractivity contribution in [2.45, 2.75) is 19.3 Å². The summed E-state index contributed by atoms with van der Waals surface area (Å²) in [6.45, 7) is 2.01. The fourth-order valence-electron chi connectivity index (χ4n) is 3.50. The molecule has 1 atom stereocenters. The van der Waals surface area contributed by atoms with Crippen molar-refractivity contribution in [2.75, 3.05) is 5.32 Å². The number of anilines is 1. The van der Waals surface area contributed by atoms with E-state index in [1.165, 1.54) is 0 Å². The van der Waals surface area contributed by atoms with Gasteiger partial charge in [-0.15, -0.1) is 0 Å². The number of amides is 1. The second-order valence-electron chi connectivity index (χ2n) is 7.00. The third-order valence-electron chi connectivity index (χ3n) is 5.04.